The highest BCUT2D eigenvalue weighted by Gasteiger charge is 2.03. The lowest BCUT2D eigenvalue weighted by molar-refractivity contribution is 0.104. The molecule has 4 nitrogen and oxygen atoms in total. The maximum absolute atomic E-state index is 12.4. The first-order chi connectivity index (χ1) is 14.1. The Bertz CT molecular complexity index is 937. The van der Waals surface area contributed by atoms with Crippen LogP contribution in [0.25, 0.3) is 6.08 Å². The first-order valence-electron chi connectivity index (χ1n) is 9.64. The van der Waals surface area contributed by atoms with Crippen LogP contribution < -0.4 is 10.1 Å². The quantitative estimate of drug-likeness (QED) is 0.351. The molecule has 0 saturated carbocycles. The molecule has 0 bridgehead atoms. The molecule has 0 atom stereocenters. The minimum Gasteiger partial charge on any atom is -0.457 e. The zero-order valence-corrected chi connectivity index (χ0v) is 18.1. The topological polar surface area (TPSA) is 41.6 Å². The Morgan fingerprint density at radius 2 is 1.53 bits per heavy atom. The third-order valence-electron chi connectivity index (χ3n) is 4.34. The summed E-state index contributed by atoms with van der Waals surface area (Å²) in [5, 5.41) is 3.37. The number of ether oxygens (including phenoxy) is 1. The van der Waals surface area contributed by atoms with Crippen LogP contribution in [-0.2, 0) is 0 Å². The number of carbonyl (C=O) groups excluding carboxylic acids is 1. The van der Waals surface area contributed by atoms with Gasteiger partial charge >= 0.3 is 0 Å². The number of benzene rings is 3. The highest BCUT2D eigenvalue weighted by Crippen LogP contribution is 2.21. The van der Waals surface area contributed by atoms with E-state index in [2.05, 4.69) is 24.3 Å². The fourth-order valence-corrected chi connectivity index (χ4v) is 2.72. The van der Waals surface area contributed by atoms with Gasteiger partial charge in [-0.3, -0.25) is 4.79 Å². The van der Waals surface area contributed by atoms with Crippen LogP contribution in [-0.4, -0.2) is 37.9 Å². The number of nitrogens with one attached hydrogen (secondary N) is 1. The highest BCUT2D eigenvalue weighted by molar-refractivity contribution is 6.06. The summed E-state index contributed by atoms with van der Waals surface area (Å²) in [6.45, 7) is 1.87. The SMILES string of the molecule is CN(C)CCNc1ccc(/C=C/C(=O)c2ccc(Oc3ccccc3)cc2)cc1.Cl. The Balaban J connectivity index is 0.00000320. The normalized spacial score (nSPS) is 10.6. The molecule has 30 heavy (non-hydrogen) atoms. The largest absolute Gasteiger partial charge is 0.457 e. The number of rotatable bonds is 9. The number of para-hydroxylation sites is 1. The van der Waals surface area contributed by atoms with Gasteiger partial charge in [0, 0.05) is 24.3 Å². The number of ketones is 1. The summed E-state index contributed by atoms with van der Waals surface area (Å²) in [6.07, 6.45) is 3.43. The van der Waals surface area contributed by atoms with Gasteiger partial charge < -0.3 is 15.0 Å². The summed E-state index contributed by atoms with van der Waals surface area (Å²) in [6, 6.07) is 24.8. The van der Waals surface area contributed by atoms with Crippen LogP contribution in [0.5, 0.6) is 11.5 Å². The van der Waals surface area contributed by atoms with Crippen molar-refractivity contribution in [1.29, 1.82) is 0 Å². The molecule has 156 valence electrons. The van der Waals surface area contributed by atoms with Gasteiger partial charge in [-0.15, -0.1) is 12.4 Å². The van der Waals surface area contributed by atoms with E-state index in [4.69, 9.17) is 4.74 Å². The maximum atomic E-state index is 12.4. The molecule has 0 heterocycles. The summed E-state index contributed by atoms with van der Waals surface area (Å²) in [5.41, 5.74) is 2.69. The minimum absolute atomic E-state index is 0. The van der Waals surface area contributed by atoms with Crippen molar-refractivity contribution in [2.75, 3.05) is 32.5 Å². The van der Waals surface area contributed by atoms with Crippen LogP contribution in [0, 0.1) is 0 Å². The van der Waals surface area contributed by atoms with Crippen LogP contribution in [0.4, 0.5) is 5.69 Å². The molecule has 0 aliphatic carbocycles. The molecule has 0 amide bonds. The Morgan fingerprint density at radius 1 is 0.900 bits per heavy atom. The van der Waals surface area contributed by atoms with Gasteiger partial charge in [-0.05, 0) is 74.3 Å². The Hall–Kier alpha value is -3.08. The third kappa shape index (κ3) is 7.39. The standard InChI is InChI=1S/C25H26N2O2.ClH/c1-27(2)19-18-26-22-13-8-20(9-14-22)10-17-25(28)21-11-15-24(16-12-21)29-23-6-4-3-5-7-23;/h3-17,26H,18-19H2,1-2H3;1H/b17-10+;. The van der Waals surface area contributed by atoms with Crippen molar-refractivity contribution in [1.82, 2.24) is 4.90 Å². The lowest BCUT2D eigenvalue weighted by Gasteiger charge is -2.11. The number of carbonyl (C=O) groups is 1. The van der Waals surface area contributed by atoms with Gasteiger partial charge in [0.15, 0.2) is 5.78 Å². The smallest absolute Gasteiger partial charge is 0.185 e. The Kier molecular flexibility index (Phi) is 9.13. The van der Waals surface area contributed by atoms with E-state index in [-0.39, 0.29) is 18.2 Å². The molecule has 3 aromatic rings. The summed E-state index contributed by atoms with van der Waals surface area (Å²) < 4.78 is 5.76. The van der Waals surface area contributed by atoms with Crippen molar-refractivity contribution in [2.45, 2.75) is 0 Å². The van der Waals surface area contributed by atoms with Gasteiger partial charge in [-0.1, -0.05) is 36.4 Å². The number of halogens is 1. The van der Waals surface area contributed by atoms with E-state index in [0.717, 1.165) is 30.1 Å². The fourth-order valence-electron chi connectivity index (χ4n) is 2.72. The summed E-state index contributed by atoms with van der Waals surface area (Å²) >= 11 is 0. The van der Waals surface area contributed by atoms with E-state index in [1.165, 1.54) is 0 Å². The van der Waals surface area contributed by atoms with Crippen molar-refractivity contribution in [2.24, 2.45) is 0 Å². The van der Waals surface area contributed by atoms with Crippen LogP contribution >= 0.6 is 12.4 Å². The van der Waals surface area contributed by atoms with Crippen LogP contribution in [0.3, 0.4) is 0 Å². The first kappa shape index (κ1) is 23.2. The molecule has 0 unspecified atom stereocenters. The second-order valence-corrected chi connectivity index (χ2v) is 6.99. The Labute approximate surface area is 184 Å². The lowest BCUT2D eigenvalue weighted by atomic mass is 10.1. The zero-order valence-electron chi connectivity index (χ0n) is 17.2. The molecule has 1 N–H and O–H groups in total. The van der Waals surface area contributed by atoms with Crippen molar-refractivity contribution in [3.8, 4) is 11.5 Å². The van der Waals surface area contributed by atoms with Crippen LogP contribution in [0.1, 0.15) is 15.9 Å². The molecule has 0 spiro atoms. The lowest BCUT2D eigenvalue weighted by Crippen LogP contribution is -2.20. The molecule has 0 aromatic heterocycles. The monoisotopic (exact) mass is 422 g/mol. The predicted octanol–water partition coefficient (Wildman–Crippen LogP) is 5.77. The second-order valence-electron chi connectivity index (χ2n) is 6.99. The molecule has 3 aromatic carbocycles. The van der Waals surface area contributed by atoms with Gasteiger partial charge in [0.25, 0.3) is 0 Å². The van der Waals surface area contributed by atoms with E-state index < -0.39 is 0 Å². The molecule has 3 rings (SSSR count). The molecule has 5 heteroatoms. The van der Waals surface area contributed by atoms with Gasteiger partial charge in [0.1, 0.15) is 11.5 Å². The summed E-state index contributed by atoms with van der Waals surface area (Å²) in [7, 11) is 4.10. The molecular formula is C25H27ClN2O2. The predicted molar refractivity (Wildman–Crippen MR) is 127 cm³/mol. The van der Waals surface area contributed by atoms with Crippen molar-refractivity contribution >= 4 is 30.0 Å². The van der Waals surface area contributed by atoms with E-state index in [0.29, 0.717) is 11.3 Å². The number of allylic oxidation sites excluding steroid dienone is 1. The van der Waals surface area contributed by atoms with Gasteiger partial charge in [-0.25, -0.2) is 0 Å². The molecule has 0 radical (unpaired) electrons. The molecule has 0 saturated heterocycles. The Morgan fingerprint density at radius 3 is 2.17 bits per heavy atom. The summed E-state index contributed by atoms with van der Waals surface area (Å²) in [4.78, 5) is 14.6. The van der Waals surface area contributed by atoms with E-state index >= 15 is 0 Å². The third-order valence-corrected chi connectivity index (χ3v) is 4.34. The minimum atomic E-state index is -0.0376. The second kappa shape index (κ2) is 11.8. The fraction of sp³-hybridized carbons (Fsp3) is 0.160. The molecule has 0 aliphatic heterocycles. The number of anilines is 1. The maximum Gasteiger partial charge on any atom is 0.185 e. The van der Waals surface area contributed by atoms with E-state index in [9.17, 15) is 4.79 Å². The first-order valence-corrected chi connectivity index (χ1v) is 9.64. The van der Waals surface area contributed by atoms with Gasteiger partial charge in [0.2, 0.25) is 0 Å². The number of hydrogen-bond acceptors (Lipinski definition) is 4. The number of likely N-dealkylation sites (N-methyl/N-ethyl adjacent to an activating group) is 1. The van der Waals surface area contributed by atoms with Gasteiger partial charge in [-0.2, -0.15) is 0 Å². The van der Waals surface area contributed by atoms with Crippen LogP contribution in [0.2, 0.25) is 0 Å². The van der Waals surface area contributed by atoms with Crippen molar-refractivity contribution in [3.63, 3.8) is 0 Å². The molecule has 0 aliphatic rings. The zero-order chi connectivity index (χ0) is 20.5. The van der Waals surface area contributed by atoms with Crippen molar-refractivity contribution < 1.29 is 9.53 Å². The number of nitrogens with zero attached hydrogens (tertiary/aromatic N) is 1. The average molecular weight is 423 g/mol. The van der Waals surface area contributed by atoms with Gasteiger partial charge in [0.05, 0.1) is 0 Å². The van der Waals surface area contributed by atoms with E-state index in [1.54, 1.807) is 18.2 Å². The molecule has 0 fully saturated rings. The number of hydrogen-bond donors (Lipinski definition) is 1. The van der Waals surface area contributed by atoms with Crippen molar-refractivity contribution in [3.05, 3.63) is 96.1 Å². The summed E-state index contributed by atoms with van der Waals surface area (Å²) in [5.74, 6) is 1.43. The van der Waals surface area contributed by atoms with E-state index in [1.807, 2.05) is 72.8 Å². The van der Waals surface area contributed by atoms with Crippen LogP contribution in [0.15, 0.2) is 84.9 Å². The molecular weight excluding hydrogens is 396 g/mol. The average Bonchev–Trinajstić information content (AvgIpc) is 2.74. The highest BCUT2D eigenvalue weighted by atomic mass is 35.5.